The number of allylic oxidation sites excluding steroid dienone is 5. The van der Waals surface area contributed by atoms with Crippen molar-refractivity contribution in [2.24, 2.45) is 0 Å². The van der Waals surface area contributed by atoms with Crippen LogP contribution in [0.4, 0.5) is 0 Å². The summed E-state index contributed by atoms with van der Waals surface area (Å²) in [7, 11) is 1.24. The number of hydrogen-bond donors (Lipinski definition) is 2. The van der Waals surface area contributed by atoms with Gasteiger partial charge in [0.15, 0.2) is 0 Å². The van der Waals surface area contributed by atoms with Crippen LogP contribution >= 0.6 is 7.82 Å². The second kappa shape index (κ2) is 26.2. The Morgan fingerprint density at radius 3 is 1.98 bits per heavy atom. The number of carbonyl (C=O) groups is 1. The minimum absolute atomic E-state index is 0.00594. The monoisotopic (exact) mass is 614 g/mol. The first-order chi connectivity index (χ1) is 20.0. The minimum atomic E-state index is -4.56. The van der Waals surface area contributed by atoms with Crippen LogP contribution in [0.25, 0.3) is 0 Å². The maximum absolute atomic E-state index is 12.6. The Hall–Kier alpha value is -1.28. The number of rotatable bonds is 28. The number of quaternary nitrogens is 1. The van der Waals surface area contributed by atoms with Crippen molar-refractivity contribution >= 4 is 13.7 Å². The number of nitrogens with one attached hydrogen (secondary N) is 1. The molecule has 0 aliphatic carbocycles. The highest BCUT2D eigenvalue weighted by atomic mass is 31.2. The summed E-state index contributed by atoms with van der Waals surface area (Å²) in [6.07, 6.45) is 27.9. The molecule has 0 bridgehead atoms. The molecule has 0 radical (unpaired) electrons. The third kappa shape index (κ3) is 27.5. The second-order valence-corrected chi connectivity index (χ2v) is 13.6. The topological polar surface area (TPSA) is 108 Å². The SMILES string of the molecule is CCCCC/C=C\C/C=C\CCCCCCCC(=O)NC(COP(=O)([O-])OCC[N+](C)(C)C)C(O)/C=C/CCCCC. The molecule has 3 unspecified atom stereocenters. The van der Waals surface area contributed by atoms with Gasteiger partial charge in [-0.15, -0.1) is 0 Å². The highest BCUT2D eigenvalue weighted by Crippen LogP contribution is 2.38. The fraction of sp³-hybridized carbons (Fsp3) is 0.788. The highest BCUT2D eigenvalue weighted by Gasteiger charge is 2.23. The van der Waals surface area contributed by atoms with E-state index in [1.165, 1.54) is 25.7 Å². The smallest absolute Gasteiger partial charge is 0.268 e. The molecule has 246 valence electrons. The molecule has 0 rings (SSSR count). The Balaban J connectivity index is 4.45. The molecule has 0 aliphatic heterocycles. The molecule has 0 aliphatic rings. The Morgan fingerprint density at radius 2 is 1.38 bits per heavy atom. The van der Waals surface area contributed by atoms with Gasteiger partial charge in [-0.3, -0.25) is 9.36 Å². The first kappa shape index (κ1) is 40.7. The third-order valence-electron chi connectivity index (χ3n) is 6.84. The summed E-state index contributed by atoms with van der Waals surface area (Å²) in [5.41, 5.74) is 0. The fourth-order valence-corrected chi connectivity index (χ4v) is 4.84. The van der Waals surface area contributed by atoms with Gasteiger partial charge in [-0.25, -0.2) is 0 Å². The normalized spacial score (nSPS) is 15.5. The number of aliphatic hydroxyl groups is 1. The number of phosphoric acid groups is 1. The van der Waals surface area contributed by atoms with Crippen molar-refractivity contribution < 1.29 is 32.9 Å². The number of unbranched alkanes of at least 4 members (excludes halogenated alkanes) is 11. The number of phosphoric ester groups is 1. The molecule has 9 heteroatoms. The predicted molar refractivity (Wildman–Crippen MR) is 173 cm³/mol. The number of nitrogens with zero attached hydrogens (tertiary/aromatic N) is 1. The zero-order chi connectivity index (χ0) is 31.5. The van der Waals surface area contributed by atoms with Crippen molar-refractivity contribution in [2.75, 3.05) is 40.9 Å². The van der Waals surface area contributed by atoms with Gasteiger partial charge in [-0.1, -0.05) is 95.2 Å². The molecule has 42 heavy (non-hydrogen) atoms. The van der Waals surface area contributed by atoms with Crippen LogP contribution < -0.4 is 10.2 Å². The maximum atomic E-state index is 12.6. The van der Waals surface area contributed by atoms with Crippen LogP contribution in [-0.2, 0) is 18.4 Å². The lowest BCUT2D eigenvalue weighted by Crippen LogP contribution is -2.45. The van der Waals surface area contributed by atoms with E-state index in [1.807, 2.05) is 27.2 Å². The van der Waals surface area contributed by atoms with Crippen LogP contribution in [0, 0.1) is 0 Å². The minimum Gasteiger partial charge on any atom is -0.756 e. The zero-order valence-corrected chi connectivity index (χ0v) is 28.3. The first-order valence-electron chi connectivity index (χ1n) is 16.4. The average Bonchev–Trinajstić information content (AvgIpc) is 2.92. The van der Waals surface area contributed by atoms with Crippen molar-refractivity contribution in [3.8, 4) is 0 Å². The Bertz CT molecular complexity index is 794. The van der Waals surface area contributed by atoms with Crippen LogP contribution in [0.1, 0.15) is 117 Å². The van der Waals surface area contributed by atoms with Crippen LogP contribution in [-0.4, -0.2) is 68.5 Å². The van der Waals surface area contributed by atoms with Crippen molar-refractivity contribution in [3.05, 3.63) is 36.5 Å². The lowest BCUT2D eigenvalue weighted by atomic mass is 10.1. The van der Waals surface area contributed by atoms with Crippen molar-refractivity contribution in [1.82, 2.24) is 5.32 Å². The van der Waals surface area contributed by atoms with Gasteiger partial charge < -0.3 is 28.8 Å². The number of amides is 1. The van der Waals surface area contributed by atoms with E-state index in [1.54, 1.807) is 6.08 Å². The van der Waals surface area contributed by atoms with E-state index in [2.05, 4.69) is 43.5 Å². The Labute approximate surface area is 257 Å². The van der Waals surface area contributed by atoms with Crippen molar-refractivity contribution in [3.63, 3.8) is 0 Å². The van der Waals surface area contributed by atoms with Crippen LogP contribution in [0.3, 0.4) is 0 Å². The van der Waals surface area contributed by atoms with Crippen molar-refractivity contribution in [1.29, 1.82) is 0 Å². The quantitative estimate of drug-likeness (QED) is 0.0426. The molecule has 1 amide bonds. The van der Waals surface area contributed by atoms with Gasteiger partial charge in [0.05, 0.1) is 39.9 Å². The molecule has 0 fully saturated rings. The largest absolute Gasteiger partial charge is 0.756 e. The first-order valence-corrected chi connectivity index (χ1v) is 17.8. The Kier molecular flexibility index (Phi) is 25.4. The molecular formula is C33H63N2O6P. The van der Waals surface area contributed by atoms with Gasteiger partial charge in [-0.05, 0) is 51.4 Å². The zero-order valence-electron chi connectivity index (χ0n) is 27.4. The van der Waals surface area contributed by atoms with Crippen molar-refractivity contribution in [2.45, 2.75) is 129 Å². The van der Waals surface area contributed by atoms with E-state index in [-0.39, 0.29) is 19.1 Å². The molecular weight excluding hydrogens is 551 g/mol. The summed E-state index contributed by atoms with van der Waals surface area (Å²) in [6.45, 7) is 4.45. The standard InChI is InChI=1S/C33H63N2O6P/c1-6-8-10-12-13-14-15-16-17-18-19-20-21-23-25-27-33(37)34-31(32(36)26-24-22-11-9-7-2)30-41-42(38,39)40-29-28-35(3,4)5/h13-14,16-17,24,26,31-32,36H,6-12,15,18-23,25,27-30H2,1-5H3,(H-,34,37,38,39)/b14-13-,17-16-,26-24+. The summed E-state index contributed by atoms with van der Waals surface area (Å²) in [5.74, 6) is -0.223. The molecule has 0 aromatic rings. The summed E-state index contributed by atoms with van der Waals surface area (Å²) in [4.78, 5) is 24.9. The molecule has 0 saturated carbocycles. The lowest BCUT2D eigenvalue weighted by molar-refractivity contribution is -0.870. The molecule has 0 spiro atoms. The lowest BCUT2D eigenvalue weighted by Gasteiger charge is -2.29. The van der Waals surface area contributed by atoms with Crippen LogP contribution in [0.15, 0.2) is 36.5 Å². The summed E-state index contributed by atoms with van der Waals surface area (Å²) in [6, 6.07) is -0.887. The predicted octanol–water partition coefficient (Wildman–Crippen LogP) is 6.99. The number of likely N-dealkylation sites (N-methyl/N-ethyl adjacent to an activating group) is 1. The van der Waals surface area contributed by atoms with E-state index in [0.717, 1.165) is 70.6 Å². The number of carbonyl (C=O) groups excluding carboxylic acids is 1. The van der Waals surface area contributed by atoms with Crippen LogP contribution in [0.5, 0.6) is 0 Å². The maximum Gasteiger partial charge on any atom is 0.268 e. The molecule has 2 N–H and O–H groups in total. The molecule has 0 heterocycles. The van der Waals surface area contributed by atoms with E-state index >= 15 is 0 Å². The molecule has 3 atom stereocenters. The molecule has 8 nitrogen and oxygen atoms in total. The summed E-state index contributed by atoms with van der Waals surface area (Å²) in [5, 5.41) is 13.4. The van der Waals surface area contributed by atoms with E-state index in [0.29, 0.717) is 17.4 Å². The van der Waals surface area contributed by atoms with Gasteiger partial charge in [0, 0.05) is 6.42 Å². The summed E-state index contributed by atoms with van der Waals surface area (Å²) >= 11 is 0. The van der Waals surface area contributed by atoms with Crippen LogP contribution in [0.2, 0.25) is 0 Å². The van der Waals surface area contributed by atoms with E-state index in [4.69, 9.17) is 9.05 Å². The van der Waals surface area contributed by atoms with Gasteiger partial charge >= 0.3 is 0 Å². The summed E-state index contributed by atoms with van der Waals surface area (Å²) < 4.78 is 22.8. The fourth-order valence-electron chi connectivity index (χ4n) is 4.12. The molecule has 0 aromatic carbocycles. The number of hydrogen-bond acceptors (Lipinski definition) is 6. The highest BCUT2D eigenvalue weighted by molar-refractivity contribution is 7.45. The van der Waals surface area contributed by atoms with Gasteiger partial charge in [0.1, 0.15) is 13.2 Å². The number of aliphatic hydroxyl groups excluding tert-OH is 1. The molecule has 0 saturated heterocycles. The third-order valence-corrected chi connectivity index (χ3v) is 7.81. The van der Waals surface area contributed by atoms with Gasteiger partial charge in [-0.2, -0.15) is 0 Å². The van der Waals surface area contributed by atoms with Gasteiger partial charge in [0.2, 0.25) is 5.91 Å². The average molecular weight is 615 g/mol. The van der Waals surface area contributed by atoms with E-state index < -0.39 is 20.0 Å². The molecule has 0 aromatic heterocycles. The van der Waals surface area contributed by atoms with Gasteiger partial charge in [0.25, 0.3) is 7.82 Å². The Morgan fingerprint density at radius 1 is 0.833 bits per heavy atom. The van der Waals surface area contributed by atoms with E-state index in [9.17, 15) is 19.4 Å². The second-order valence-electron chi connectivity index (χ2n) is 12.2.